The van der Waals surface area contributed by atoms with Crippen LogP contribution >= 0.6 is 0 Å². The summed E-state index contributed by atoms with van der Waals surface area (Å²) in [7, 11) is 0. The van der Waals surface area contributed by atoms with Crippen LogP contribution in [0.4, 0.5) is 0 Å². The van der Waals surface area contributed by atoms with Crippen molar-refractivity contribution in [2.75, 3.05) is 13.1 Å². The standard InChI is InChI=1S/C12H20N2O3/c1-8-3-2-6-13-9(8)10(15)14-7-12(4-5-12)11(16)17/h8-9,13H,2-7H2,1H3,(H,14,15)(H,16,17). The molecule has 0 radical (unpaired) electrons. The number of nitrogens with one attached hydrogen (secondary N) is 2. The molecule has 1 saturated carbocycles. The summed E-state index contributed by atoms with van der Waals surface area (Å²) in [5, 5.41) is 15.0. The van der Waals surface area contributed by atoms with Crippen molar-refractivity contribution < 1.29 is 14.7 Å². The first-order chi connectivity index (χ1) is 8.05. The van der Waals surface area contributed by atoms with E-state index in [2.05, 4.69) is 17.6 Å². The third-order valence-corrected chi connectivity index (χ3v) is 3.96. The molecule has 0 aromatic rings. The summed E-state index contributed by atoms with van der Waals surface area (Å²) in [6, 6.07) is -0.159. The van der Waals surface area contributed by atoms with E-state index in [1.54, 1.807) is 0 Å². The number of piperidine rings is 1. The second-order valence-electron chi connectivity index (χ2n) is 5.35. The Morgan fingerprint density at radius 1 is 1.47 bits per heavy atom. The van der Waals surface area contributed by atoms with Gasteiger partial charge in [0.15, 0.2) is 0 Å². The molecule has 1 aliphatic heterocycles. The van der Waals surface area contributed by atoms with Crippen molar-refractivity contribution in [3.63, 3.8) is 0 Å². The van der Waals surface area contributed by atoms with E-state index in [1.807, 2.05) is 0 Å². The van der Waals surface area contributed by atoms with Crippen LogP contribution < -0.4 is 10.6 Å². The van der Waals surface area contributed by atoms with Crippen LogP contribution in [0.3, 0.4) is 0 Å². The zero-order chi connectivity index (χ0) is 12.5. The second-order valence-corrected chi connectivity index (χ2v) is 5.35. The van der Waals surface area contributed by atoms with Gasteiger partial charge < -0.3 is 15.7 Å². The van der Waals surface area contributed by atoms with Crippen molar-refractivity contribution in [3.8, 4) is 0 Å². The van der Waals surface area contributed by atoms with E-state index >= 15 is 0 Å². The summed E-state index contributed by atoms with van der Waals surface area (Å²) in [4.78, 5) is 22.9. The average molecular weight is 240 g/mol. The maximum absolute atomic E-state index is 11.9. The fraction of sp³-hybridized carbons (Fsp3) is 0.833. The smallest absolute Gasteiger partial charge is 0.311 e. The van der Waals surface area contributed by atoms with E-state index in [0.717, 1.165) is 19.4 Å². The lowest BCUT2D eigenvalue weighted by Crippen LogP contribution is -2.52. The number of hydrogen-bond donors (Lipinski definition) is 3. The number of carboxylic acids is 1. The molecule has 3 N–H and O–H groups in total. The summed E-state index contributed by atoms with van der Waals surface area (Å²) in [5.41, 5.74) is -0.673. The average Bonchev–Trinajstić information content (AvgIpc) is 3.07. The molecule has 1 heterocycles. The zero-order valence-corrected chi connectivity index (χ0v) is 10.2. The zero-order valence-electron chi connectivity index (χ0n) is 10.2. The van der Waals surface area contributed by atoms with Crippen molar-refractivity contribution in [1.82, 2.24) is 10.6 Å². The monoisotopic (exact) mass is 240 g/mol. The summed E-state index contributed by atoms with van der Waals surface area (Å²) < 4.78 is 0. The fourth-order valence-corrected chi connectivity index (χ4v) is 2.38. The van der Waals surface area contributed by atoms with Crippen LogP contribution in [0.25, 0.3) is 0 Å². The van der Waals surface area contributed by atoms with Gasteiger partial charge in [-0.2, -0.15) is 0 Å². The van der Waals surface area contributed by atoms with Gasteiger partial charge in [0, 0.05) is 6.54 Å². The summed E-state index contributed by atoms with van der Waals surface area (Å²) in [6.45, 7) is 3.19. The minimum atomic E-state index is -0.789. The molecule has 1 saturated heterocycles. The van der Waals surface area contributed by atoms with E-state index < -0.39 is 11.4 Å². The number of rotatable bonds is 4. The molecule has 2 fully saturated rings. The predicted octanol–water partition coefficient (Wildman–Crippen LogP) is 0.355. The molecule has 2 unspecified atom stereocenters. The molecule has 0 bridgehead atoms. The third kappa shape index (κ3) is 2.60. The molecule has 2 aliphatic rings. The molecule has 2 atom stereocenters. The van der Waals surface area contributed by atoms with Gasteiger partial charge in [0.05, 0.1) is 11.5 Å². The van der Waals surface area contributed by atoms with Crippen LogP contribution in [0.5, 0.6) is 0 Å². The Morgan fingerprint density at radius 2 is 2.18 bits per heavy atom. The van der Waals surface area contributed by atoms with Gasteiger partial charge in [-0.25, -0.2) is 0 Å². The maximum Gasteiger partial charge on any atom is 0.311 e. The van der Waals surface area contributed by atoms with Gasteiger partial charge in [-0.3, -0.25) is 9.59 Å². The molecule has 2 rings (SSSR count). The normalized spacial score (nSPS) is 30.6. The molecule has 0 aromatic carbocycles. The van der Waals surface area contributed by atoms with Crippen molar-refractivity contribution in [1.29, 1.82) is 0 Å². The van der Waals surface area contributed by atoms with Gasteiger partial charge in [0.1, 0.15) is 0 Å². The Labute approximate surface area is 101 Å². The van der Waals surface area contributed by atoms with Crippen LogP contribution in [0.1, 0.15) is 32.6 Å². The van der Waals surface area contributed by atoms with Gasteiger partial charge >= 0.3 is 5.97 Å². The van der Waals surface area contributed by atoms with Crippen LogP contribution in [0.15, 0.2) is 0 Å². The molecule has 1 amide bonds. The van der Waals surface area contributed by atoms with Crippen molar-refractivity contribution >= 4 is 11.9 Å². The van der Waals surface area contributed by atoms with Crippen molar-refractivity contribution in [3.05, 3.63) is 0 Å². The highest BCUT2D eigenvalue weighted by molar-refractivity contribution is 5.84. The first kappa shape index (κ1) is 12.4. The van der Waals surface area contributed by atoms with Crippen molar-refractivity contribution in [2.45, 2.75) is 38.6 Å². The Hall–Kier alpha value is -1.10. The largest absolute Gasteiger partial charge is 0.481 e. The van der Waals surface area contributed by atoms with E-state index in [1.165, 1.54) is 0 Å². The number of aliphatic carboxylic acids is 1. The second kappa shape index (κ2) is 4.64. The molecule has 5 heteroatoms. The predicted molar refractivity (Wildman–Crippen MR) is 62.5 cm³/mol. The van der Waals surface area contributed by atoms with E-state index in [0.29, 0.717) is 18.8 Å². The quantitative estimate of drug-likeness (QED) is 0.663. The lowest BCUT2D eigenvalue weighted by molar-refractivity contribution is -0.143. The van der Waals surface area contributed by atoms with Crippen molar-refractivity contribution in [2.24, 2.45) is 11.3 Å². The van der Waals surface area contributed by atoms with Crippen LogP contribution in [-0.4, -0.2) is 36.1 Å². The lowest BCUT2D eigenvalue weighted by Gasteiger charge is -2.29. The highest BCUT2D eigenvalue weighted by Crippen LogP contribution is 2.45. The Kier molecular flexibility index (Phi) is 3.38. The van der Waals surface area contributed by atoms with Gasteiger partial charge in [-0.15, -0.1) is 0 Å². The van der Waals surface area contributed by atoms with Gasteiger partial charge in [-0.1, -0.05) is 6.92 Å². The Bertz CT molecular complexity index is 326. The molecule has 0 spiro atoms. The first-order valence-electron chi connectivity index (χ1n) is 6.30. The van der Waals surface area contributed by atoms with E-state index in [9.17, 15) is 9.59 Å². The highest BCUT2D eigenvalue weighted by Gasteiger charge is 2.50. The van der Waals surface area contributed by atoms with E-state index in [4.69, 9.17) is 5.11 Å². The Balaban J connectivity index is 1.83. The minimum Gasteiger partial charge on any atom is -0.481 e. The van der Waals surface area contributed by atoms with Gasteiger partial charge in [-0.05, 0) is 38.1 Å². The molecule has 17 heavy (non-hydrogen) atoms. The molecule has 96 valence electrons. The third-order valence-electron chi connectivity index (χ3n) is 3.96. The van der Waals surface area contributed by atoms with Gasteiger partial charge in [0.2, 0.25) is 5.91 Å². The van der Waals surface area contributed by atoms with Crippen LogP contribution in [0, 0.1) is 11.3 Å². The Morgan fingerprint density at radius 3 is 2.71 bits per heavy atom. The molecular formula is C12H20N2O3. The number of carbonyl (C=O) groups is 2. The SMILES string of the molecule is CC1CCCNC1C(=O)NCC1(C(=O)O)CC1. The molecule has 0 aromatic heterocycles. The number of amides is 1. The number of hydrogen-bond acceptors (Lipinski definition) is 3. The minimum absolute atomic E-state index is 0.0512. The molecule has 5 nitrogen and oxygen atoms in total. The maximum atomic E-state index is 11.9. The first-order valence-corrected chi connectivity index (χ1v) is 6.30. The molecule has 1 aliphatic carbocycles. The van der Waals surface area contributed by atoms with Crippen LogP contribution in [-0.2, 0) is 9.59 Å². The summed E-state index contributed by atoms with van der Waals surface area (Å²) in [6.07, 6.45) is 3.51. The number of carbonyl (C=O) groups excluding carboxylic acids is 1. The van der Waals surface area contributed by atoms with E-state index in [-0.39, 0.29) is 18.5 Å². The topological polar surface area (TPSA) is 78.4 Å². The fourth-order valence-electron chi connectivity index (χ4n) is 2.38. The van der Waals surface area contributed by atoms with Crippen LogP contribution in [0.2, 0.25) is 0 Å². The highest BCUT2D eigenvalue weighted by atomic mass is 16.4. The van der Waals surface area contributed by atoms with Gasteiger partial charge in [0.25, 0.3) is 0 Å². The summed E-state index contributed by atoms with van der Waals surface area (Å²) in [5.74, 6) is -0.518. The molecular weight excluding hydrogens is 220 g/mol. The summed E-state index contributed by atoms with van der Waals surface area (Å²) >= 11 is 0. The lowest BCUT2D eigenvalue weighted by atomic mass is 9.92. The number of carboxylic acid groups (broad SMARTS) is 1.